The number of ether oxygens (including phenoxy) is 2. The van der Waals surface area contributed by atoms with Crippen molar-refractivity contribution in [3.8, 4) is 11.5 Å². The molecule has 0 aliphatic carbocycles. The van der Waals surface area contributed by atoms with Crippen molar-refractivity contribution < 1.29 is 31.4 Å². The van der Waals surface area contributed by atoms with Crippen molar-refractivity contribution in [2.45, 2.75) is 6.92 Å². The molecule has 0 bridgehead atoms. The molecular weight excluding hydrogens is 407 g/mol. The van der Waals surface area contributed by atoms with Gasteiger partial charge < -0.3 is 9.47 Å². The summed E-state index contributed by atoms with van der Waals surface area (Å²) in [4.78, 5) is 0. The monoisotopic (exact) mass is 420 g/mol. The predicted octanol–water partition coefficient (Wildman–Crippen LogP) is 5.45. The maximum absolute atomic E-state index is 13.6. The topological polar surface area (TPSA) is 42.8 Å². The van der Waals surface area contributed by atoms with Gasteiger partial charge in [0.15, 0.2) is 34.8 Å². The van der Waals surface area contributed by atoms with Crippen LogP contribution in [-0.4, -0.2) is 19.4 Å². The summed E-state index contributed by atoms with van der Waals surface area (Å²) in [6.45, 7) is 5.73. The van der Waals surface area contributed by atoms with Gasteiger partial charge in [0.2, 0.25) is 5.82 Å². The highest BCUT2D eigenvalue weighted by Crippen LogP contribution is 2.36. The highest BCUT2D eigenvalue weighted by Gasteiger charge is 2.25. The smallest absolute Gasteiger partial charge is 0.200 e. The van der Waals surface area contributed by atoms with Crippen LogP contribution in [0.25, 0.3) is 0 Å². The molecule has 0 atom stereocenters. The van der Waals surface area contributed by atoms with E-state index in [2.05, 4.69) is 11.7 Å². The molecule has 1 N–H and O–H groups in total. The molecule has 0 heterocycles. The van der Waals surface area contributed by atoms with Gasteiger partial charge in [-0.3, -0.25) is 5.43 Å². The minimum absolute atomic E-state index is 0.158. The second-order valence-electron chi connectivity index (χ2n) is 5.18. The summed E-state index contributed by atoms with van der Waals surface area (Å²) in [6, 6.07) is 2.88. The van der Waals surface area contributed by atoms with Crippen molar-refractivity contribution >= 4 is 23.5 Å². The number of hydrogen-bond donors (Lipinski definition) is 1. The fourth-order valence-electron chi connectivity index (χ4n) is 2.08. The standard InChI is InChI=1S/C18H14ClF5N2O2/c1-3-5-28-18-10(19)6-9(7-11(18)27-4-2)8-25-26-17-15(23)13(21)12(20)14(22)16(17)24/h3,6-8,26H,1,4-5H2,2H3/b25-8-. The maximum Gasteiger partial charge on any atom is 0.200 e. The van der Waals surface area contributed by atoms with Crippen LogP contribution in [0.4, 0.5) is 27.6 Å². The predicted molar refractivity (Wildman–Crippen MR) is 95.8 cm³/mol. The van der Waals surface area contributed by atoms with Gasteiger partial charge >= 0.3 is 0 Å². The molecule has 0 spiro atoms. The number of nitrogens with zero attached hydrogens (tertiary/aromatic N) is 1. The van der Waals surface area contributed by atoms with Gasteiger partial charge in [0.1, 0.15) is 12.3 Å². The Balaban J connectivity index is 2.31. The van der Waals surface area contributed by atoms with Crippen molar-refractivity contribution in [2.75, 3.05) is 18.6 Å². The first-order valence-corrected chi connectivity index (χ1v) is 8.20. The van der Waals surface area contributed by atoms with Crippen LogP contribution in [0.1, 0.15) is 12.5 Å². The zero-order chi connectivity index (χ0) is 20.8. The SMILES string of the molecule is C=CCOc1c(Cl)cc(/C=N\Nc2c(F)c(F)c(F)c(F)c2F)cc1OCC. The third kappa shape index (κ3) is 4.53. The average Bonchev–Trinajstić information content (AvgIpc) is 2.67. The van der Waals surface area contributed by atoms with E-state index in [9.17, 15) is 22.0 Å². The molecule has 150 valence electrons. The van der Waals surface area contributed by atoms with Crippen molar-refractivity contribution in [1.82, 2.24) is 0 Å². The largest absolute Gasteiger partial charge is 0.490 e. The Bertz CT molecular complexity index is 893. The number of anilines is 1. The molecule has 0 radical (unpaired) electrons. The summed E-state index contributed by atoms with van der Waals surface area (Å²) in [5.41, 5.74) is 0.836. The lowest BCUT2D eigenvalue weighted by Gasteiger charge is -2.13. The molecule has 0 saturated heterocycles. The molecule has 0 aliphatic rings. The molecule has 0 aromatic heterocycles. The van der Waals surface area contributed by atoms with Crippen LogP contribution in [0, 0.1) is 29.1 Å². The minimum atomic E-state index is -2.26. The molecule has 0 saturated carbocycles. The van der Waals surface area contributed by atoms with E-state index >= 15 is 0 Å². The number of rotatable bonds is 8. The highest BCUT2D eigenvalue weighted by molar-refractivity contribution is 6.32. The van der Waals surface area contributed by atoms with Crippen molar-refractivity contribution in [3.63, 3.8) is 0 Å². The Labute approximate surface area is 162 Å². The molecular formula is C18H14ClF5N2O2. The van der Waals surface area contributed by atoms with Gasteiger partial charge in [-0.15, -0.1) is 0 Å². The van der Waals surface area contributed by atoms with Crippen LogP contribution in [0.3, 0.4) is 0 Å². The van der Waals surface area contributed by atoms with Crippen LogP contribution in [0.2, 0.25) is 5.02 Å². The zero-order valence-corrected chi connectivity index (χ0v) is 15.2. The molecule has 2 aromatic rings. The van der Waals surface area contributed by atoms with Gasteiger partial charge in [-0.2, -0.15) is 5.10 Å². The van der Waals surface area contributed by atoms with Crippen LogP contribution >= 0.6 is 11.6 Å². The van der Waals surface area contributed by atoms with E-state index in [-0.39, 0.29) is 23.1 Å². The van der Waals surface area contributed by atoms with E-state index < -0.39 is 34.8 Å². The number of hydrazone groups is 1. The van der Waals surface area contributed by atoms with E-state index in [1.807, 2.05) is 0 Å². The summed E-state index contributed by atoms with van der Waals surface area (Å²) in [5.74, 6) is -9.95. The highest BCUT2D eigenvalue weighted by atomic mass is 35.5. The number of halogens is 6. The van der Waals surface area contributed by atoms with E-state index in [0.717, 1.165) is 6.21 Å². The van der Waals surface area contributed by atoms with Crippen LogP contribution < -0.4 is 14.9 Å². The van der Waals surface area contributed by atoms with E-state index in [1.54, 1.807) is 12.3 Å². The van der Waals surface area contributed by atoms with Crippen LogP contribution in [0.15, 0.2) is 29.9 Å². The maximum atomic E-state index is 13.6. The second-order valence-corrected chi connectivity index (χ2v) is 5.58. The first-order chi connectivity index (χ1) is 13.3. The first kappa shape index (κ1) is 21.5. The zero-order valence-electron chi connectivity index (χ0n) is 14.5. The van der Waals surface area contributed by atoms with Crippen molar-refractivity contribution in [3.05, 3.63) is 64.5 Å². The Morgan fingerprint density at radius 2 is 1.64 bits per heavy atom. The van der Waals surface area contributed by atoms with E-state index in [4.69, 9.17) is 21.1 Å². The molecule has 4 nitrogen and oxygen atoms in total. The third-order valence-electron chi connectivity index (χ3n) is 3.28. The fourth-order valence-corrected chi connectivity index (χ4v) is 2.36. The summed E-state index contributed by atoms with van der Waals surface area (Å²) >= 11 is 6.13. The van der Waals surface area contributed by atoms with Gasteiger partial charge in [-0.25, -0.2) is 22.0 Å². The molecule has 0 aliphatic heterocycles. The first-order valence-electron chi connectivity index (χ1n) is 7.82. The Morgan fingerprint density at radius 1 is 1.04 bits per heavy atom. The summed E-state index contributed by atoms with van der Waals surface area (Å²) in [6.07, 6.45) is 2.57. The Hall–Kier alpha value is -2.81. The lowest BCUT2D eigenvalue weighted by atomic mass is 10.2. The van der Waals surface area contributed by atoms with Gasteiger partial charge in [0.25, 0.3) is 0 Å². The summed E-state index contributed by atoms with van der Waals surface area (Å²) < 4.78 is 77.4. The number of benzene rings is 2. The quantitative estimate of drug-likeness (QED) is 0.154. The molecule has 28 heavy (non-hydrogen) atoms. The normalized spacial score (nSPS) is 11.0. The average molecular weight is 421 g/mol. The molecule has 0 amide bonds. The minimum Gasteiger partial charge on any atom is -0.490 e. The van der Waals surface area contributed by atoms with Crippen molar-refractivity contribution in [2.24, 2.45) is 5.10 Å². The molecule has 0 fully saturated rings. The van der Waals surface area contributed by atoms with Gasteiger partial charge in [0.05, 0.1) is 17.8 Å². The summed E-state index contributed by atoms with van der Waals surface area (Å²) in [7, 11) is 0. The van der Waals surface area contributed by atoms with Gasteiger partial charge in [-0.05, 0) is 24.6 Å². The molecule has 2 aromatic carbocycles. The lowest BCUT2D eigenvalue weighted by Crippen LogP contribution is -2.06. The van der Waals surface area contributed by atoms with Crippen molar-refractivity contribution in [1.29, 1.82) is 0 Å². The molecule has 0 unspecified atom stereocenters. The Morgan fingerprint density at radius 3 is 2.21 bits per heavy atom. The molecule has 2 rings (SSSR count). The lowest BCUT2D eigenvalue weighted by molar-refractivity contribution is 0.297. The van der Waals surface area contributed by atoms with Crippen LogP contribution in [-0.2, 0) is 0 Å². The van der Waals surface area contributed by atoms with Gasteiger partial charge in [0, 0.05) is 0 Å². The second kappa shape index (κ2) is 9.41. The number of hydrogen-bond acceptors (Lipinski definition) is 4. The third-order valence-corrected chi connectivity index (χ3v) is 3.56. The molecule has 10 heteroatoms. The van der Waals surface area contributed by atoms with E-state index in [0.29, 0.717) is 12.2 Å². The van der Waals surface area contributed by atoms with E-state index in [1.165, 1.54) is 18.2 Å². The van der Waals surface area contributed by atoms with Gasteiger partial charge in [-0.1, -0.05) is 24.3 Å². The Kier molecular flexibility index (Phi) is 7.22. The number of nitrogens with one attached hydrogen (secondary N) is 1. The fraction of sp³-hybridized carbons (Fsp3) is 0.167. The summed E-state index contributed by atoms with van der Waals surface area (Å²) in [5, 5.41) is 3.66. The van der Waals surface area contributed by atoms with Crippen LogP contribution in [0.5, 0.6) is 11.5 Å².